The standard InChI is InChI=1S/C6H8N4/c7-6(8)5-3-1-2-4-9-10-5/h1-4,10H,(H3,7,8). The van der Waals surface area contributed by atoms with Gasteiger partial charge in [0.25, 0.3) is 0 Å². The van der Waals surface area contributed by atoms with E-state index in [2.05, 4.69) is 10.5 Å². The van der Waals surface area contributed by atoms with Crippen molar-refractivity contribution in [2.24, 2.45) is 10.8 Å². The molecule has 0 aromatic carbocycles. The quantitative estimate of drug-likeness (QED) is 0.349. The first kappa shape index (κ1) is 6.54. The van der Waals surface area contributed by atoms with Crippen molar-refractivity contribution in [1.82, 2.24) is 5.43 Å². The van der Waals surface area contributed by atoms with E-state index in [1.165, 1.54) is 0 Å². The summed E-state index contributed by atoms with van der Waals surface area (Å²) < 4.78 is 0. The third kappa shape index (κ3) is 1.45. The Labute approximate surface area is 58.6 Å². The van der Waals surface area contributed by atoms with Gasteiger partial charge in [0.2, 0.25) is 0 Å². The highest BCUT2D eigenvalue weighted by Crippen LogP contribution is 1.91. The Hall–Kier alpha value is -1.58. The maximum absolute atomic E-state index is 7.03. The molecule has 10 heavy (non-hydrogen) atoms. The summed E-state index contributed by atoms with van der Waals surface area (Å²) in [5.74, 6) is -0.0105. The van der Waals surface area contributed by atoms with Gasteiger partial charge in [0, 0.05) is 6.21 Å². The van der Waals surface area contributed by atoms with Crippen LogP contribution in [0.1, 0.15) is 0 Å². The van der Waals surface area contributed by atoms with Crippen LogP contribution < -0.4 is 11.2 Å². The number of nitrogens with one attached hydrogen (secondary N) is 2. The van der Waals surface area contributed by atoms with Gasteiger partial charge in [-0.3, -0.25) is 10.8 Å². The number of rotatable bonds is 1. The number of allylic oxidation sites excluding steroid dienone is 3. The van der Waals surface area contributed by atoms with E-state index in [1.807, 2.05) is 0 Å². The molecule has 1 heterocycles. The van der Waals surface area contributed by atoms with Crippen LogP contribution in [0.25, 0.3) is 0 Å². The van der Waals surface area contributed by atoms with Crippen LogP contribution in [0.15, 0.2) is 29.0 Å². The first-order chi connectivity index (χ1) is 4.80. The fourth-order valence-corrected chi connectivity index (χ4v) is 0.539. The zero-order valence-corrected chi connectivity index (χ0v) is 5.33. The van der Waals surface area contributed by atoms with E-state index in [1.54, 1.807) is 24.4 Å². The summed E-state index contributed by atoms with van der Waals surface area (Å²) in [6, 6.07) is 0. The normalized spacial score (nSPS) is 15.4. The highest BCUT2D eigenvalue weighted by Gasteiger charge is 1.96. The van der Waals surface area contributed by atoms with Crippen LogP contribution in [0.5, 0.6) is 0 Å². The summed E-state index contributed by atoms with van der Waals surface area (Å²) in [5.41, 5.74) is 8.30. The largest absolute Gasteiger partial charge is 0.382 e. The Balaban J connectivity index is 2.78. The SMILES string of the molecule is N=C(N)C1=CC=CC=NN1. The van der Waals surface area contributed by atoms with Gasteiger partial charge in [-0.05, 0) is 12.2 Å². The molecule has 4 N–H and O–H groups in total. The van der Waals surface area contributed by atoms with Gasteiger partial charge in [0.05, 0.1) is 5.70 Å². The number of hydrogen-bond donors (Lipinski definition) is 3. The molecule has 0 aliphatic carbocycles. The molecule has 0 saturated heterocycles. The monoisotopic (exact) mass is 136 g/mol. The number of amidine groups is 1. The minimum absolute atomic E-state index is 0.0105. The summed E-state index contributed by atoms with van der Waals surface area (Å²) in [6.07, 6.45) is 6.80. The van der Waals surface area contributed by atoms with Gasteiger partial charge < -0.3 is 5.73 Å². The van der Waals surface area contributed by atoms with Crippen molar-refractivity contribution < 1.29 is 0 Å². The van der Waals surface area contributed by atoms with Crippen LogP contribution in [-0.2, 0) is 0 Å². The molecular weight excluding hydrogens is 128 g/mol. The van der Waals surface area contributed by atoms with Crippen molar-refractivity contribution in [1.29, 1.82) is 5.41 Å². The van der Waals surface area contributed by atoms with E-state index in [4.69, 9.17) is 11.1 Å². The molecule has 1 aliphatic heterocycles. The van der Waals surface area contributed by atoms with Gasteiger partial charge in [-0.1, -0.05) is 6.08 Å². The number of nitrogens with zero attached hydrogens (tertiary/aromatic N) is 1. The molecule has 4 heteroatoms. The predicted molar refractivity (Wildman–Crippen MR) is 40.8 cm³/mol. The molecule has 0 spiro atoms. The van der Waals surface area contributed by atoms with Crippen LogP contribution >= 0.6 is 0 Å². The fraction of sp³-hybridized carbons (Fsp3) is 0. The third-order valence-electron chi connectivity index (χ3n) is 1.01. The fourth-order valence-electron chi connectivity index (χ4n) is 0.539. The molecular formula is C6H8N4. The van der Waals surface area contributed by atoms with E-state index in [9.17, 15) is 0 Å². The molecule has 0 aromatic rings. The molecule has 0 saturated carbocycles. The number of hydrazone groups is 1. The average molecular weight is 136 g/mol. The Kier molecular flexibility index (Phi) is 1.84. The summed E-state index contributed by atoms with van der Waals surface area (Å²) in [7, 11) is 0. The average Bonchev–Trinajstić information content (AvgIpc) is 2.12. The van der Waals surface area contributed by atoms with E-state index in [0.29, 0.717) is 5.70 Å². The second kappa shape index (κ2) is 2.82. The Morgan fingerprint density at radius 2 is 2.40 bits per heavy atom. The lowest BCUT2D eigenvalue weighted by atomic mass is 10.3. The van der Waals surface area contributed by atoms with Gasteiger partial charge in [-0.2, -0.15) is 5.10 Å². The topological polar surface area (TPSA) is 74.3 Å². The summed E-state index contributed by atoms with van der Waals surface area (Å²) >= 11 is 0. The summed E-state index contributed by atoms with van der Waals surface area (Å²) in [4.78, 5) is 0. The molecule has 0 fully saturated rings. The smallest absolute Gasteiger partial charge is 0.141 e. The van der Waals surface area contributed by atoms with E-state index in [0.717, 1.165) is 0 Å². The van der Waals surface area contributed by atoms with Crippen molar-refractivity contribution in [3.8, 4) is 0 Å². The highest BCUT2D eigenvalue weighted by molar-refractivity contribution is 5.94. The molecule has 0 atom stereocenters. The molecule has 0 bridgehead atoms. The van der Waals surface area contributed by atoms with Crippen LogP contribution in [0.2, 0.25) is 0 Å². The summed E-state index contributed by atoms with van der Waals surface area (Å²) in [6.45, 7) is 0. The highest BCUT2D eigenvalue weighted by atomic mass is 15.3. The van der Waals surface area contributed by atoms with Crippen LogP contribution in [0.3, 0.4) is 0 Å². The van der Waals surface area contributed by atoms with Crippen molar-refractivity contribution in [2.75, 3.05) is 0 Å². The zero-order valence-electron chi connectivity index (χ0n) is 5.33. The first-order valence-corrected chi connectivity index (χ1v) is 2.81. The maximum atomic E-state index is 7.03. The number of hydrogen-bond acceptors (Lipinski definition) is 3. The molecule has 1 aliphatic rings. The van der Waals surface area contributed by atoms with Gasteiger partial charge in [0.15, 0.2) is 0 Å². The minimum Gasteiger partial charge on any atom is -0.382 e. The predicted octanol–water partition coefficient (Wildman–Crippen LogP) is -0.0485. The molecule has 0 unspecified atom stereocenters. The second-order valence-electron chi connectivity index (χ2n) is 1.77. The molecule has 0 amide bonds. The van der Waals surface area contributed by atoms with E-state index < -0.39 is 0 Å². The van der Waals surface area contributed by atoms with Crippen molar-refractivity contribution >= 4 is 12.1 Å². The molecule has 0 aromatic heterocycles. The van der Waals surface area contributed by atoms with E-state index in [-0.39, 0.29) is 5.84 Å². The van der Waals surface area contributed by atoms with Gasteiger partial charge in [0.1, 0.15) is 5.84 Å². The van der Waals surface area contributed by atoms with Crippen LogP contribution in [-0.4, -0.2) is 12.1 Å². The first-order valence-electron chi connectivity index (χ1n) is 2.81. The summed E-state index contributed by atoms with van der Waals surface area (Å²) in [5, 5.41) is 10.7. The van der Waals surface area contributed by atoms with Crippen LogP contribution in [0.4, 0.5) is 0 Å². The second-order valence-corrected chi connectivity index (χ2v) is 1.77. The van der Waals surface area contributed by atoms with Gasteiger partial charge in [-0.25, -0.2) is 0 Å². The molecule has 1 rings (SSSR count). The lowest BCUT2D eigenvalue weighted by Gasteiger charge is -1.99. The maximum Gasteiger partial charge on any atom is 0.141 e. The Morgan fingerprint density at radius 3 is 3.10 bits per heavy atom. The van der Waals surface area contributed by atoms with Crippen molar-refractivity contribution in [3.05, 3.63) is 23.9 Å². The molecule has 4 nitrogen and oxygen atoms in total. The van der Waals surface area contributed by atoms with Gasteiger partial charge in [-0.15, -0.1) is 0 Å². The van der Waals surface area contributed by atoms with Crippen molar-refractivity contribution in [3.63, 3.8) is 0 Å². The molecule has 52 valence electrons. The Bertz CT molecular complexity index is 224. The van der Waals surface area contributed by atoms with Crippen LogP contribution in [0, 0.1) is 5.41 Å². The minimum atomic E-state index is -0.0105. The van der Waals surface area contributed by atoms with E-state index >= 15 is 0 Å². The van der Waals surface area contributed by atoms with Gasteiger partial charge >= 0.3 is 0 Å². The lowest BCUT2D eigenvalue weighted by Crippen LogP contribution is -2.21. The lowest BCUT2D eigenvalue weighted by molar-refractivity contribution is 0.936. The Morgan fingerprint density at radius 1 is 1.60 bits per heavy atom. The van der Waals surface area contributed by atoms with Crippen molar-refractivity contribution in [2.45, 2.75) is 0 Å². The molecule has 0 radical (unpaired) electrons. The zero-order chi connectivity index (χ0) is 7.40. The third-order valence-corrected chi connectivity index (χ3v) is 1.01. The number of nitrogens with two attached hydrogens (primary N) is 1.